The monoisotopic (exact) mass is 670 g/mol. The fraction of sp³-hybridized carbons (Fsp3) is 0.140. The van der Waals surface area contributed by atoms with Gasteiger partial charge >= 0.3 is 12.1 Å². The van der Waals surface area contributed by atoms with Crippen molar-refractivity contribution >= 4 is 58.9 Å². The molecule has 3 aliphatic heterocycles. The highest BCUT2D eigenvalue weighted by atomic mass is 31.0. The van der Waals surface area contributed by atoms with Gasteiger partial charge in [-0.05, 0) is 78.7 Å². The summed E-state index contributed by atoms with van der Waals surface area (Å²) in [6, 6.07) is 38.3. The summed E-state index contributed by atoms with van der Waals surface area (Å²) >= 11 is 0. The summed E-state index contributed by atoms with van der Waals surface area (Å²) in [5.41, 5.74) is 4.53. The minimum Gasteiger partial charge on any atom is -0.469 e. The van der Waals surface area contributed by atoms with Gasteiger partial charge in [-0.25, -0.2) is 0 Å². The van der Waals surface area contributed by atoms with Gasteiger partial charge in [-0.15, -0.1) is 0 Å². The van der Waals surface area contributed by atoms with Gasteiger partial charge < -0.3 is 14.2 Å². The highest BCUT2D eigenvalue weighted by Gasteiger charge is 2.72. The van der Waals surface area contributed by atoms with Crippen LogP contribution in [0, 0.1) is 5.92 Å². The molecular formula is C43H33N3O3P+3. The van der Waals surface area contributed by atoms with E-state index < -0.39 is 12.0 Å². The van der Waals surface area contributed by atoms with E-state index in [0.29, 0.717) is 0 Å². The first-order valence-electron chi connectivity index (χ1n) is 17.3. The second kappa shape index (κ2) is 10.5. The summed E-state index contributed by atoms with van der Waals surface area (Å²) in [6.07, 6.45) is 13.7. The van der Waals surface area contributed by atoms with E-state index in [4.69, 9.17) is 14.2 Å². The standard InChI is InChI=1S/C43H33N3O3P/c50-36-22-6-15-30-18-9-25-46(40(30)36)43(45-24-8-17-29-14-5-21-35(49-43)39(29)45)41-32(42-44-23-7-16-28-13-4-20-34(48-42)38(28)44)26-31-11-2-1-10-27-12-3-19-33(47-41)37(27)31/h1-10,12-25,32,41-42H,11,26,50H2/q+3. The van der Waals surface area contributed by atoms with Crippen LogP contribution in [0.3, 0.4) is 0 Å². The first kappa shape index (κ1) is 28.3. The topological polar surface area (TPSA) is 39.3 Å². The molecule has 1 aliphatic carbocycles. The molecule has 0 saturated heterocycles. The van der Waals surface area contributed by atoms with Crippen LogP contribution < -0.4 is 43.7 Å². The Morgan fingerprint density at radius 2 is 1.30 bits per heavy atom. The van der Waals surface area contributed by atoms with Crippen LogP contribution in [0.4, 0.5) is 0 Å². The van der Waals surface area contributed by atoms with Gasteiger partial charge in [0.25, 0.3) is 17.1 Å². The number of ether oxygens (including phenoxy) is 3. The second-order valence-corrected chi connectivity index (χ2v) is 14.3. The Kier molecular flexibility index (Phi) is 5.92. The van der Waals surface area contributed by atoms with Crippen molar-refractivity contribution in [2.24, 2.45) is 5.92 Å². The quantitative estimate of drug-likeness (QED) is 0.196. The number of allylic oxidation sites excluding steroid dienone is 2. The molecule has 0 saturated carbocycles. The lowest BCUT2D eigenvalue weighted by Crippen LogP contribution is -2.82. The number of benzene rings is 4. The molecule has 240 valence electrons. The third-order valence-corrected chi connectivity index (χ3v) is 11.4. The maximum Gasteiger partial charge on any atom is 0.564 e. The molecule has 5 unspecified atom stereocenters. The van der Waals surface area contributed by atoms with Crippen molar-refractivity contribution < 1.29 is 27.9 Å². The van der Waals surface area contributed by atoms with E-state index in [9.17, 15) is 0 Å². The predicted octanol–water partition coefficient (Wildman–Crippen LogP) is 5.01. The van der Waals surface area contributed by atoms with Gasteiger partial charge in [0.15, 0.2) is 24.3 Å². The number of nitrogens with zero attached hydrogens (tertiary/aromatic N) is 3. The Hall–Kier alpha value is -5.58. The van der Waals surface area contributed by atoms with Crippen LogP contribution in [-0.2, 0) is 5.85 Å². The van der Waals surface area contributed by atoms with Gasteiger partial charge in [0.1, 0.15) is 11.7 Å². The van der Waals surface area contributed by atoms with Crippen LogP contribution in [0.1, 0.15) is 19.1 Å². The van der Waals surface area contributed by atoms with Gasteiger partial charge in [0.05, 0.1) is 10.8 Å². The molecule has 4 aromatic carbocycles. The fourth-order valence-electron chi connectivity index (χ4n) is 8.97. The van der Waals surface area contributed by atoms with Crippen LogP contribution in [0.2, 0.25) is 0 Å². The van der Waals surface area contributed by atoms with Crippen LogP contribution >= 0.6 is 9.24 Å². The molecule has 7 aromatic rings. The predicted molar refractivity (Wildman–Crippen MR) is 195 cm³/mol. The number of fused-ring (bicyclic) bond motifs is 1. The van der Waals surface area contributed by atoms with Gasteiger partial charge in [0.2, 0.25) is 11.3 Å². The van der Waals surface area contributed by atoms with E-state index in [1.54, 1.807) is 0 Å². The zero-order valence-corrected chi connectivity index (χ0v) is 28.3. The lowest BCUT2D eigenvalue weighted by molar-refractivity contribution is -1.01. The number of aromatic nitrogens is 3. The SMILES string of the molecule is Pc1cccc2ccc[n+](C3(C4Oc5cccc6c5=C(CC=CC=6)CC4C4Oc5cccc6ccc[n+]4c56)Oc4cccc5ccc[n+]3c45)c12. The van der Waals surface area contributed by atoms with Crippen molar-refractivity contribution in [3.05, 3.63) is 150 Å². The van der Waals surface area contributed by atoms with E-state index in [2.05, 4.69) is 169 Å². The molecule has 11 rings (SSSR count). The third-order valence-electron chi connectivity index (χ3n) is 11.0. The number of para-hydroxylation sites is 3. The Morgan fingerprint density at radius 1 is 0.640 bits per heavy atom. The summed E-state index contributed by atoms with van der Waals surface area (Å²) in [5.74, 6) is 1.19. The van der Waals surface area contributed by atoms with E-state index in [-0.39, 0.29) is 12.1 Å². The highest BCUT2D eigenvalue weighted by Crippen LogP contribution is 2.44. The minimum absolute atomic E-state index is 0.198. The Bertz CT molecular complexity index is 2750. The molecule has 0 radical (unpaired) electrons. The first-order valence-corrected chi connectivity index (χ1v) is 17.8. The number of rotatable bonds is 3. The van der Waals surface area contributed by atoms with Gasteiger partial charge in [0, 0.05) is 34.1 Å². The molecule has 0 spiro atoms. The van der Waals surface area contributed by atoms with Crippen molar-refractivity contribution in [3.63, 3.8) is 0 Å². The van der Waals surface area contributed by atoms with E-state index >= 15 is 0 Å². The zero-order chi connectivity index (χ0) is 33.0. The van der Waals surface area contributed by atoms with Crippen molar-refractivity contribution in [1.29, 1.82) is 0 Å². The maximum atomic E-state index is 7.64. The minimum atomic E-state index is -1.18. The average Bonchev–Trinajstić information content (AvgIpc) is 3.54. The Morgan fingerprint density at radius 3 is 2.14 bits per heavy atom. The molecule has 4 aliphatic rings. The fourth-order valence-corrected chi connectivity index (χ4v) is 9.39. The molecule has 0 N–H and O–H groups in total. The normalized spacial score (nSPS) is 22.7. The number of pyridine rings is 3. The number of hydrogen-bond acceptors (Lipinski definition) is 3. The third kappa shape index (κ3) is 3.80. The average molecular weight is 671 g/mol. The van der Waals surface area contributed by atoms with Crippen molar-refractivity contribution in [2.75, 3.05) is 0 Å². The van der Waals surface area contributed by atoms with Crippen LogP contribution in [0.5, 0.6) is 17.2 Å². The summed E-state index contributed by atoms with van der Waals surface area (Å²) in [5, 5.41) is 6.79. The van der Waals surface area contributed by atoms with Crippen LogP contribution in [-0.4, -0.2) is 6.10 Å². The van der Waals surface area contributed by atoms with Crippen LogP contribution in [0.15, 0.2) is 140 Å². The molecule has 6 nitrogen and oxygen atoms in total. The summed E-state index contributed by atoms with van der Waals surface area (Å²) in [4.78, 5) is 0. The molecule has 0 fully saturated rings. The zero-order valence-electron chi connectivity index (χ0n) is 27.1. The van der Waals surface area contributed by atoms with Crippen LogP contribution in [0.25, 0.3) is 44.4 Å². The van der Waals surface area contributed by atoms with E-state index in [0.717, 1.165) is 68.1 Å². The smallest absolute Gasteiger partial charge is 0.469 e. The lowest BCUT2D eigenvalue weighted by Gasteiger charge is -2.32. The first-order chi connectivity index (χ1) is 24.7. The molecule has 5 atom stereocenters. The van der Waals surface area contributed by atoms with E-state index in [1.165, 1.54) is 16.0 Å². The largest absolute Gasteiger partial charge is 0.564 e. The molecular weight excluding hydrogens is 637 g/mol. The van der Waals surface area contributed by atoms with Gasteiger partial charge in [-0.3, -0.25) is 0 Å². The second-order valence-electron chi connectivity index (χ2n) is 13.6. The maximum absolute atomic E-state index is 7.64. The molecule has 3 aromatic heterocycles. The lowest BCUT2D eigenvalue weighted by atomic mass is 9.87. The summed E-state index contributed by atoms with van der Waals surface area (Å²) in [6.45, 7) is 0. The van der Waals surface area contributed by atoms with Gasteiger partial charge in [-0.1, -0.05) is 72.5 Å². The summed E-state index contributed by atoms with van der Waals surface area (Å²) in [7, 11) is 2.97. The Labute approximate surface area is 290 Å². The molecule has 7 heteroatoms. The molecule has 0 amide bonds. The van der Waals surface area contributed by atoms with Gasteiger partial charge in [-0.2, -0.15) is 4.57 Å². The molecule has 0 bridgehead atoms. The van der Waals surface area contributed by atoms with Crippen molar-refractivity contribution in [3.8, 4) is 17.2 Å². The van der Waals surface area contributed by atoms with Crippen molar-refractivity contribution in [2.45, 2.75) is 31.0 Å². The number of hydrogen-bond donors (Lipinski definition) is 0. The molecule has 50 heavy (non-hydrogen) atoms. The Balaban J connectivity index is 1.25. The highest BCUT2D eigenvalue weighted by molar-refractivity contribution is 7.28. The van der Waals surface area contributed by atoms with Crippen molar-refractivity contribution in [1.82, 2.24) is 0 Å². The van der Waals surface area contributed by atoms with E-state index in [1.807, 2.05) is 0 Å². The summed E-state index contributed by atoms with van der Waals surface area (Å²) < 4.78 is 29.2. The molecule has 6 heterocycles.